The van der Waals surface area contributed by atoms with E-state index in [0.29, 0.717) is 5.56 Å². The van der Waals surface area contributed by atoms with E-state index in [0.717, 1.165) is 21.7 Å². The lowest BCUT2D eigenvalue weighted by Crippen LogP contribution is -2.68. The molecule has 11 heteroatoms. The van der Waals surface area contributed by atoms with Crippen molar-refractivity contribution in [3.63, 3.8) is 0 Å². The van der Waals surface area contributed by atoms with E-state index < -0.39 is 44.1 Å². The van der Waals surface area contributed by atoms with Crippen LogP contribution in [0.1, 0.15) is 36.7 Å². The van der Waals surface area contributed by atoms with E-state index in [1.54, 1.807) is 31.4 Å². The third kappa shape index (κ3) is 8.21. The van der Waals surface area contributed by atoms with Gasteiger partial charge in [-0.05, 0) is 57.0 Å². The normalized spacial score (nSPS) is 21.0. The van der Waals surface area contributed by atoms with Gasteiger partial charge in [-0.1, -0.05) is 117 Å². The Morgan fingerprint density at radius 2 is 1.45 bits per heavy atom. The van der Waals surface area contributed by atoms with Crippen LogP contribution in [0.5, 0.6) is 5.75 Å². The number of carbonyl (C=O) groups is 1. The van der Waals surface area contributed by atoms with Crippen LogP contribution in [0, 0.1) is 0 Å². The molecule has 0 saturated carbocycles. The third-order valence-corrected chi connectivity index (χ3v) is 14.6. The monoisotopic (exact) mass is 697 g/mol. The topological polar surface area (TPSA) is 112 Å². The summed E-state index contributed by atoms with van der Waals surface area (Å²) in [5.74, 6) is 0.178. The second kappa shape index (κ2) is 16.5. The molecule has 4 aromatic rings. The first kappa shape index (κ1) is 36.2. The van der Waals surface area contributed by atoms with Gasteiger partial charge in [0.1, 0.15) is 35.5 Å². The van der Waals surface area contributed by atoms with Crippen LogP contribution in [0.15, 0.2) is 120 Å². The van der Waals surface area contributed by atoms with Crippen molar-refractivity contribution < 1.29 is 28.2 Å². The molecule has 0 radical (unpaired) electrons. The first-order valence-corrected chi connectivity index (χ1v) is 19.4. The van der Waals surface area contributed by atoms with Gasteiger partial charge >= 0.3 is 5.97 Å². The molecule has 9 nitrogen and oxygen atoms in total. The fourth-order valence-electron chi connectivity index (χ4n) is 6.39. The molecular weight excluding hydrogens is 655 g/mol. The van der Waals surface area contributed by atoms with E-state index in [9.17, 15) is 10.3 Å². The predicted molar refractivity (Wildman–Crippen MR) is 196 cm³/mol. The molecular formula is C38H43N3O6SSi. The molecule has 256 valence electrons. The van der Waals surface area contributed by atoms with Gasteiger partial charge in [-0.15, -0.1) is 11.8 Å². The third-order valence-electron chi connectivity index (χ3n) is 8.77. The Kier molecular flexibility index (Phi) is 12.2. The Hall–Kier alpha value is -4.09. The Morgan fingerprint density at radius 3 is 1.96 bits per heavy atom. The number of azide groups is 1. The Balaban J connectivity index is 1.56. The Bertz CT molecular complexity index is 1650. The minimum absolute atomic E-state index is 0.139. The smallest absolute Gasteiger partial charge is 0.338 e. The number of rotatable bonds is 13. The van der Waals surface area contributed by atoms with Gasteiger partial charge in [0, 0.05) is 4.91 Å². The lowest BCUT2D eigenvalue weighted by Gasteiger charge is -2.47. The summed E-state index contributed by atoms with van der Waals surface area (Å²) in [6.07, 6.45) is -0.622. The van der Waals surface area contributed by atoms with Crippen molar-refractivity contribution in [3.8, 4) is 5.75 Å². The molecule has 2 unspecified atom stereocenters. The van der Waals surface area contributed by atoms with Crippen LogP contribution >= 0.6 is 11.8 Å². The van der Waals surface area contributed by atoms with E-state index >= 15 is 0 Å². The number of ether oxygens (including phenoxy) is 4. The summed E-state index contributed by atoms with van der Waals surface area (Å²) < 4.78 is 32.2. The van der Waals surface area contributed by atoms with Crippen molar-refractivity contribution in [1.82, 2.24) is 0 Å². The molecule has 5 rings (SSSR count). The SMILES string of the molecule is COc1ccc(CO[C@H]2C(CO[Si](c3ccccc3)(c3ccccc3)C(C)(C)C)O[C@@H](SC)C(N=[N+]=[N-])[C@H]2OC(=O)c2ccccc2)cc1. The number of thioether (sulfide) groups is 1. The van der Waals surface area contributed by atoms with Gasteiger partial charge in [-0.2, -0.15) is 0 Å². The lowest BCUT2D eigenvalue weighted by molar-refractivity contribution is -0.189. The molecule has 0 bridgehead atoms. The van der Waals surface area contributed by atoms with Crippen LogP contribution in [0.2, 0.25) is 5.04 Å². The molecule has 1 saturated heterocycles. The van der Waals surface area contributed by atoms with Gasteiger partial charge in [-0.25, -0.2) is 4.79 Å². The minimum Gasteiger partial charge on any atom is -0.497 e. The van der Waals surface area contributed by atoms with E-state index in [1.165, 1.54) is 11.8 Å². The van der Waals surface area contributed by atoms with E-state index in [1.807, 2.05) is 73.0 Å². The van der Waals surface area contributed by atoms with Crippen LogP contribution in [-0.4, -0.2) is 64.0 Å². The average Bonchev–Trinajstić information content (AvgIpc) is 3.13. The van der Waals surface area contributed by atoms with Gasteiger partial charge in [0.25, 0.3) is 8.32 Å². The van der Waals surface area contributed by atoms with Gasteiger partial charge < -0.3 is 23.4 Å². The summed E-state index contributed by atoms with van der Waals surface area (Å²) in [4.78, 5) is 16.7. The molecule has 4 aromatic carbocycles. The average molecular weight is 698 g/mol. The molecule has 5 atom stereocenters. The van der Waals surface area contributed by atoms with Crippen LogP contribution in [0.25, 0.3) is 10.4 Å². The molecule has 0 N–H and O–H groups in total. The van der Waals surface area contributed by atoms with Gasteiger partial charge in [0.05, 0.1) is 25.9 Å². The van der Waals surface area contributed by atoms with Crippen molar-refractivity contribution in [2.75, 3.05) is 20.0 Å². The maximum atomic E-state index is 13.6. The van der Waals surface area contributed by atoms with Crippen molar-refractivity contribution in [2.45, 2.75) is 62.2 Å². The predicted octanol–water partition coefficient (Wildman–Crippen LogP) is 7.15. The summed E-state index contributed by atoms with van der Waals surface area (Å²) in [5, 5.41) is 6.07. The van der Waals surface area contributed by atoms with E-state index in [4.69, 9.17) is 23.4 Å². The second-order valence-corrected chi connectivity index (χ2v) is 18.0. The minimum atomic E-state index is -2.98. The van der Waals surface area contributed by atoms with Gasteiger partial charge in [0.15, 0.2) is 0 Å². The number of hydrogen-bond acceptors (Lipinski definition) is 8. The molecule has 1 aliphatic rings. The fraction of sp³-hybridized carbons (Fsp3) is 0.342. The zero-order valence-corrected chi connectivity index (χ0v) is 30.3. The molecule has 1 aliphatic heterocycles. The number of methoxy groups -OCH3 is 1. The van der Waals surface area contributed by atoms with Crippen molar-refractivity contribution in [1.29, 1.82) is 0 Å². The Labute approximate surface area is 293 Å². The largest absolute Gasteiger partial charge is 0.497 e. The van der Waals surface area contributed by atoms with Crippen LogP contribution in [0.3, 0.4) is 0 Å². The van der Waals surface area contributed by atoms with E-state index in [-0.39, 0.29) is 18.3 Å². The number of hydrogen-bond donors (Lipinski definition) is 0. The summed E-state index contributed by atoms with van der Waals surface area (Å²) in [5.41, 5.74) is 10.3. The molecule has 1 fully saturated rings. The van der Waals surface area contributed by atoms with Crippen LogP contribution in [-0.2, 0) is 25.2 Å². The maximum Gasteiger partial charge on any atom is 0.338 e. The summed E-state index contributed by atoms with van der Waals surface area (Å²) in [7, 11) is -1.36. The molecule has 0 aliphatic carbocycles. The zero-order chi connectivity index (χ0) is 34.9. The van der Waals surface area contributed by atoms with Crippen molar-refractivity contribution in [2.24, 2.45) is 5.11 Å². The number of nitrogens with zero attached hydrogens (tertiary/aromatic N) is 3. The van der Waals surface area contributed by atoms with Gasteiger partial charge in [-0.3, -0.25) is 0 Å². The molecule has 1 heterocycles. The maximum absolute atomic E-state index is 13.6. The number of esters is 1. The van der Waals surface area contributed by atoms with Crippen LogP contribution < -0.4 is 15.1 Å². The molecule has 0 spiro atoms. The van der Waals surface area contributed by atoms with Gasteiger partial charge in [0.2, 0.25) is 0 Å². The molecule has 0 amide bonds. The quantitative estimate of drug-likeness (QED) is 0.0480. The highest BCUT2D eigenvalue weighted by molar-refractivity contribution is 7.99. The highest BCUT2D eigenvalue weighted by Gasteiger charge is 2.53. The first-order chi connectivity index (χ1) is 23.7. The summed E-state index contributed by atoms with van der Waals surface area (Å²) in [6.45, 7) is 6.96. The zero-order valence-electron chi connectivity index (χ0n) is 28.5. The Morgan fingerprint density at radius 1 is 0.878 bits per heavy atom. The standard InChI is InChI=1S/C38H43N3O6SSi/c1-38(2,3)49(30-17-11-7-12-18-30,31-19-13-8-14-20-31)45-26-32-34(44-25-27-21-23-29(43-4)24-22-27)35(33(40-41-39)37(46-32)48-5)47-36(42)28-15-9-6-10-16-28/h6-24,32-35,37H,25-26H2,1-5H3/t32?,33?,34-,35+,37-/m0/s1. The summed E-state index contributed by atoms with van der Waals surface area (Å²) >= 11 is 1.38. The highest BCUT2D eigenvalue weighted by atomic mass is 32.2. The van der Waals surface area contributed by atoms with Crippen molar-refractivity contribution in [3.05, 3.63) is 137 Å². The summed E-state index contributed by atoms with van der Waals surface area (Å²) in [6, 6.07) is 36.2. The number of benzene rings is 4. The molecule has 0 aromatic heterocycles. The first-order valence-electron chi connectivity index (χ1n) is 16.2. The van der Waals surface area contributed by atoms with Crippen LogP contribution in [0.4, 0.5) is 0 Å². The molecule has 49 heavy (non-hydrogen) atoms. The van der Waals surface area contributed by atoms with Crippen molar-refractivity contribution >= 4 is 36.4 Å². The number of carbonyl (C=O) groups excluding carboxylic acids is 1. The highest BCUT2D eigenvalue weighted by Crippen LogP contribution is 2.39. The fourth-order valence-corrected chi connectivity index (χ4v) is 11.7. The van der Waals surface area contributed by atoms with E-state index in [2.05, 4.69) is 55.1 Å². The second-order valence-electron chi connectivity index (χ2n) is 12.8. The lowest BCUT2D eigenvalue weighted by atomic mass is 9.97.